The third-order valence-electron chi connectivity index (χ3n) is 4.25. The Bertz CT molecular complexity index is 598. The molecule has 1 heterocycles. The molecule has 0 aliphatic carbocycles. The Morgan fingerprint density at radius 3 is 2.70 bits per heavy atom. The van der Waals surface area contributed by atoms with Gasteiger partial charge in [0.1, 0.15) is 10.6 Å². The number of carbonyl (C=O) groups is 1. The molecular weight excluding hydrogens is 320 g/mol. The molecule has 1 fully saturated rings. The molecule has 0 saturated carbocycles. The number of benzene rings is 1. The maximum Gasteiger partial charge on any atom is 0.310 e. The second kappa shape index (κ2) is 7.27. The lowest BCUT2D eigenvalue weighted by atomic mass is 9.83. The minimum Gasteiger partial charge on any atom is -0.459 e. The van der Waals surface area contributed by atoms with Crippen molar-refractivity contribution in [3.8, 4) is 0 Å². The smallest absolute Gasteiger partial charge is 0.310 e. The molecule has 2 rings (SSSR count). The second-order valence-electron chi connectivity index (χ2n) is 6.32. The molecule has 0 radical (unpaired) electrons. The molecule has 7 heteroatoms. The average Bonchev–Trinajstić information content (AvgIpc) is 2.49. The van der Waals surface area contributed by atoms with E-state index in [-0.39, 0.29) is 23.1 Å². The van der Waals surface area contributed by atoms with Crippen molar-refractivity contribution < 1.29 is 14.5 Å². The van der Waals surface area contributed by atoms with Crippen LogP contribution in [0.5, 0.6) is 0 Å². The van der Waals surface area contributed by atoms with Crippen LogP contribution in [0.3, 0.4) is 0 Å². The summed E-state index contributed by atoms with van der Waals surface area (Å²) >= 11 is 5.77. The van der Waals surface area contributed by atoms with E-state index in [2.05, 4.69) is 5.32 Å². The predicted molar refractivity (Wildman–Crippen MR) is 87.6 cm³/mol. The molecule has 6 nitrogen and oxygen atoms in total. The van der Waals surface area contributed by atoms with Crippen molar-refractivity contribution >= 4 is 23.3 Å². The van der Waals surface area contributed by atoms with E-state index in [0.717, 1.165) is 25.9 Å². The predicted octanol–water partition coefficient (Wildman–Crippen LogP) is 3.11. The van der Waals surface area contributed by atoms with Crippen molar-refractivity contribution in [3.05, 3.63) is 38.9 Å². The fourth-order valence-corrected chi connectivity index (χ4v) is 3.09. The summed E-state index contributed by atoms with van der Waals surface area (Å²) in [6, 6.07) is 4.36. The standard InChI is InChI=1S/C16H21ClN2O4/c1-16(2,12-5-7-18-8-6-12)23-15(20)10-11-3-4-13(17)14(9-11)19(21)22/h3-4,9,12,18H,5-8,10H2,1-2H3. The van der Waals surface area contributed by atoms with E-state index in [9.17, 15) is 14.9 Å². The number of carbonyl (C=O) groups excluding carboxylic acids is 1. The molecule has 1 saturated heterocycles. The summed E-state index contributed by atoms with van der Waals surface area (Å²) in [7, 11) is 0. The Morgan fingerprint density at radius 2 is 2.09 bits per heavy atom. The number of nitrogens with one attached hydrogen (secondary N) is 1. The monoisotopic (exact) mass is 340 g/mol. The number of nitrogens with zero attached hydrogens (tertiary/aromatic N) is 1. The van der Waals surface area contributed by atoms with Crippen LogP contribution in [0.15, 0.2) is 18.2 Å². The first-order valence-corrected chi connectivity index (χ1v) is 8.03. The normalized spacial score (nSPS) is 16.1. The van der Waals surface area contributed by atoms with Crippen molar-refractivity contribution in [2.75, 3.05) is 13.1 Å². The Hall–Kier alpha value is -1.66. The van der Waals surface area contributed by atoms with Crippen LogP contribution in [0.1, 0.15) is 32.3 Å². The van der Waals surface area contributed by atoms with Crippen LogP contribution in [0, 0.1) is 16.0 Å². The quantitative estimate of drug-likeness (QED) is 0.506. The number of nitro groups is 1. The number of piperidine rings is 1. The summed E-state index contributed by atoms with van der Waals surface area (Å²) in [5.41, 5.74) is -0.223. The molecule has 126 valence electrons. The summed E-state index contributed by atoms with van der Waals surface area (Å²) < 4.78 is 5.64. The highest BCUT2D eigenvalue weighted by Crippen LogP contribution is 2.30. The van der Waals surface area contributed by atoms with Gasteiger partial charge in [0.2, 0.25) is 0 Å². The topological polar surface area (TPSA) is 81.5 Å². The lowest BCUT2D eigenvalue weighted by molar-refractivity contribution is -0.384. The molecule has 0 aromatic heterocycles. The molecule has 0 bridgehead atoms. The van der Waals surface area contributed by atoms with E-state index in [0.29, 0.717) is 11.5 Å². The SMILES string of the molecule is CC(C)(OC(=O)Cc1ccc(Cl)c([N+](=O)[O-])c1)C1CCNCC1. The van der Waals surface area contributed by atoms with Crippen LogP contribution < -0.4 is 5.32 Å². The van der Waals surface area contributed by atoms with Gasteiger partial charge in [-0.05, 0) is 51.4 Å². The van der Waals surface area contributed by atoms with Crippen molar-refractivity contribution in [3.63, 3.8) is 0 Å². The van der Waals surface area contributed by atoms with E-state index >= 15 is 0 Å². The van der Waals surface area contributed by atoms with Gasteiger partial charge in [-0.25, -0.2) is 0 Å². The highest BCUT2D eigenvalue weighted by atomic mass is 35.5. The van der Waals surface area contributed by atoms with Crippen molar-refractivity contribution in [2.45, 2.75) is 38.7 Å². The fraction of sp³-hybridized carbons (Fsp3) is 0.562. The third-order valence-corrected chi connectivity index (χ3v) is 4.57. The number of hydrogen-bond acceptors (Lipinski definition) is 5. The van der Waals surface area contributed by atoms with Crippen LogP contribution in [0.2, 0.25) is 5.02 Å². The molecule has 1 aromatic carbocycles. The molecule has 1 N–H and O–H groups in total. The Labute approximate surface area is 140 Å². The van der Waals surface area contributed by atoms with Crippen LogP contribution in [-0.2, 0) is 16.0 Å². The zero-order valence-corrected chi connectivity index (χ0v) is 14.1. The molecule has 0 atom stereocenters. The first-order valence-electron chi connectivity index (χ1n) is 7.65. The molecule has 1 aliphatic heterocycles. The largest absolute Gasteiger partial charge is 0.459 e. The van der Waals surface area contributed by atoms with Crippen LogP contribution >= 0.6 is 11.6 Å². The van der Waals surface area contributed by atoms with E-state index in [4.69, 9.17) is 16.3 Å². The molecule has 0 spiro atoms. The van der Waals surface area contributed by atoms with Gasteiger partial charge in [0.05, 0.1) is 11.3 Å². The summed E-state index contributed by atoms with van der Waals surface area (Å²) in [6.07, 6.45) is 1.92. The van der Waals surface area contributed by atoms with Gasteiger partial charge in [-0.3, -0.25) is 14.9 Å². The minimum atomic E-state index is -0.559. The Balaban J connectivity index is 2.01. The molecule has 23 heavy (non-hydrogen) atoms. The highest BCUT2D eigenvalue weighted by molar-refractivity contribution is 6.32. The molecular formula is C16H21ClN2O4. The van der Waals surface area contributed by atoms with Crippen LogP contribution in [-0.4, -0.2) is 29.6 Å². The van der Waals surface area contributed by atoms with Gasteiger partial charge < -0.3 is 10.1 Å². The van der Waals surface area contributed by atoms with Crippen molar-refractivity contribution in [2.24, 2.45) is 5.92 Å². The minimum absolute atomic E-state index is 0.00753. The van der Waals surface area contributed by atoms with Crippen LogP contribution in [0.25, 0.3) is 0 Å². The molecule has 0 amide bonds. The van der Waals surface area contributed by atoms with Gasteiger partial charge in [0.15, 0.2) is 0 Å². The summed E-state index contributed by atoms with van der Waals surface area (Å²) in [5, 5.41) is 14.2. The van der Waals surface area contributed by atoms with Crippen LogP contribution in [0.4, 0.5) is 5.69 Å². The van der Waals surface area contributed by atoms with E-state index in [1.807, 2.05) is 13.8 Å². The fourth-order valence-electron chi connectivity index (χ4n) is 2.90. The summed E-state index contributed by atoms with van der Waals surface area (Å²) in [5.74, 6) is -0.0718. The third kappa shape index (κ3) is 4.65. The Kier molecular flexibility index (Phi) is 5.59. The van der Waals surface area contributed by atoms with E-state index in [1.165, 1.54) is 12.1 Å². The van der Waals surface area contributed by atoms with E-state index in [1.54, 1.807) is 6.07 Å². The average molecular weight is 341 g/mol. The lowest BCUT2D eigenvalue weighted by Gasteiger charge is -2.36. The lowest BCUT2D eigenvalue weighted by Crippen LogP contribution is -2.43. The zero-order chi connectivity index (χ0) is 17.0. The Morgan fingerprint density at radius 1 is 1.43 bits per heavy atom. The first-order chi connectivity index (χ1) is 10.8. The van der Waals surface area contributed by atoms with Gasteiger partial charge >= 0.3 is 5.97 Å². The van der Waals surface area contributed by atoms with Crippen molar-refractivity contribution in [1.82, 2.24) is 5.32 Å². The molecule has 1 aliphatic rings. The van der Waals surface area contributed by atoms with Gasteiger partial charge in [0, 0.05) is 12.0 Å². The summed E-state index contributed by atoms with van der Waals surface area (Å²) in [6.45, 7) is 5.69. The highest BCUT2D eigenvalue weighted by Gasteiger charge is 2.34. The molecule has 1 aromatic rings. The number of nitro benzene ring substituents is 1. The maximum atomic E-state index is 12.2. The number of halogens is 1. The number of esters is 1. The second-order valence-corrected chi connectivity index (χ2v) is 6.73. The van der Waals surface area contributed by atoms with Crippen molar-refractivity contribution in [1.29, 1.82) is 0 Å². The maximum absolute atomic E-state index is 12.2. The van der Waals surface area contributed by atoms with E-state index < -0.39 is 10.5 Å². The first kappa shape index (κ1) is 17.7. The van der Waals surface area contributed by atoms with Gasteiger partial charge in [-0.2, -0.15) is 0 Å². The van der Waals surface area contributed by atoms with Gasteiger partial charge in [0.25, 0.3) is 5.69 Å². The number of hydrogen-bond donors (Lipinski definition) is 1. The zero-order valence-electron chi connectivity index (χ0n) is 13.3. The van der Waals surface area contributed by atoms with Gasteiger partial charge in [-0.15, -0.1) is 0 Å². The van der Waals surface area contributed by atoms with Gasteiger partial charge in [-0.1, -0.05) is 17.7 Å². The summed E-state index contributed by atoms with van der Waals surface area (Å²) in [4.78, 5) is 22.5. The molecule has 0 unspecified atom stereocenters. The number of ether oxygens (including phenoxy) is 1. The number of rotatable bonds is 5.